The van der Waals surface area contributed by atoms with Crippen LogP contribution in [0.15, 0.2) is 53.4 Å². The van der Waals surface area contributed by atoms with E-state index >= 15 is 0 Å². The first-order valence-electron chi connectivity index (χ1n) is 7.67. The Balaban J connectivity index is 1.91. The number of hydrogen-bond donors (Lipinski definition) is 1. The lowest BCUT2D eigenvalue weighted by atomic mass is 10.1. The minimum absolute atomic E-state index is 0.269. The molecule has 0 aliphatic rings. The molecule has 24 heavy (non-hydrogen) atoms. The van der Waals surface area contributed by atoms with E-state index in [2.05, 4.69) is 5.32 Å². The average Bonchev–Trinajstić information content (AvgIpc) is 2.55. The monoisotopic (exact) mass is 349 g/mol. The Morgan fingerprint density at radius 3 is 2.17 bits per heavy atom. The molecule has 1 N–H and O–H groups in total. The lowest BCUT2D eigenvalue weighted by Crippen LogP contribution is -2.25. The fourth-order valence-electron chi connectivity index (χ4n) is 2.14. The highest BCUT2D eigenvalue weighted by atomic mass is 32.2. The van der Waals surface area contributed by atoms with E-state index in [1.807, 2.05) is 0 Å². The lowest BCUT2D eigenvalue weighted by Gasteiger charge is -2.09. The maximum absolute atomic E-state index is 12.8. The molecule has 0 radical (unpaired) electrons. The minimum atomic E-state index is -3.27. The van der Waals surface area contributed by atoms with E-state index in [-0.39, 0.29) is 11.7 Å². The molecule has 2 rings (SSSR count). The van der Waals surface area contributed by atoms with Gasteiger partial charge in [0, 0.05) is 12.1 Å². The molecule has 0 saturated carbocycles. The van der Waals surface area contributed by atoms with Crippen molar-refractivity contribution in [2.45, 2.75) is 30.4 Å². The second-order valence-electron chi connectivity index (χ2n) is 5.75. The molecule has 4 nitrogen and oxygen atoms in total. The molecule has 0 bridgehead atoms. The van der Waals surface area contributed by atoms with E-state index in [0.29, 0.717) is 23.4 Å². The first-order valence-corrected chi connectivity index (χ1v) is 9.22. The summed E-state index contributed by atoms with van der Waals surface area (Å²) in [4.78, 5) is 12.2. The molecule has 0 heterocycles. The second-order valence-corrected chi connectivity index (χ2v) is 8.25. The standard InChI is InChI=1S/C18H20FNO3S/c1-13(2)24(22,23)17-9-3-14(4-10-17)11-12-20-18(21)15-5-7-16(19)8-6-15/h3-10,13H,11-12H2,1-2H3,(H,20,21). The molecular weight excluding hydrogens is 329 g/mol. The third-order valence-electron chi connectivity index (χ3n) is 3.68. The largest absolute Gasteiger partial charge is 0.352 e. The molecule has 0 spiro atoms. The number of rotatable bonds is 6. The summed E-state index contributed by atoms with van der Waals surface area (Å²) < 4.78 is 36.9. The highest BCUT2D eigenvalue weighted by Crippen LogP contribution is 2.16. The van der Waals surface area contributed by atoms with E-state index in [4.69, 9.17) is 0 Å². The molecule has 0 aliphatic heterocycles. The number of amides is 1. The number of carbonyl (C=O) groups excluding carboxylic acids is 1. The molecule has 0 unspecified atom stereocenters. The zero-order valence-corrected chi connectivity index (χ0v) is 14.4. The summed E-state index contributed by atoms with van der Waals surface area (Å²) in [6.07, 6.45) is 0.578. The van der Waals surface area contributed by atoms with Crippen LogP contribution in [0.1, 0.15) is 29.8 Å². The molecule has 0 aromatic heterocycles. The Labute approximate surface area is 141 Å². The van der Waals surface area contributed by atoms with Crippen molar-refractivity contribution in [1.82, 2.24) is 5.32 Å². The second kappa shape index (κ2) is 7.57. The summed E-state index contributed by atoms with van der Waals surface area (Å²) in [5, 5.41) is 2.29. The number of benzene rings is 2. The van der Waals surface area contributed by atoms with Gasteiger partial charge in [0.1, 0.15) is 5.82 Å². The van der Waals surface area contributed by atoms with Gasteiger partial charge in [-0.1, -0.05) is 12.1 Å². The predicted octanol–water partition coefficient (Wildman–Crippen LogP) is 2.98. The van der Waals surface area contributed by atoms with Gasteiger partial charge >= 0.3 is 0 Å². The van der Waals surface area contributed by atoms with Gasteiger partial charge < -0.3 is 5.32 Å². The van der Waals surface area contributed by atoms with Crippen molar-refractivity contribution in [1.29, 1.82) is 0 Å². The SMILES string of the molecule is CC(C)S(=O)(=O)c1ccc(CCNC(=O)c2ccc(F)cc2)cc1. The first kappa shape index (κ1) is 18.1. The van der Waals surface area contributed by atoms with Gasteiger partial charge in [0.25, 0.3) is 5.91 Å². The highest BCUT2D eigenvalue weighted by molar-refractivity contribution is 7.92. The number of sulfone groups is 1. The normalized spacial score (nSPS) is 11.5. The quantitative estimate of drug-likeness (QED) is 0.872. The number of hydrogen-bond acceptors (Lipinski definition) is 3. The average molecular weight is 349 g/mol. The molecule has 0 fully saturated rings. The molecule has 0 aliphatic carbocycles. The van der Waals surface area contributed by atoms with Gasteiger partial charge in [-0.05, 0) is 62.2 Å². The van der Waals surface area contributed by atoms with Crippen LogP contribution in [0.3, 0.4) is 0 Å². The van der Waals surface area contributed by atoms with Crippen molar-refractivity contribution in [2.75, 3.05) is 6.54 Å². The number of halogens is 1. The summed E-state index contributed by atoms with van der Waals surface area (Å²) in [6, 6.07) is 12.0. The zero-order chi connectivity index (χ0) is 17.7. The van der Waals surface area contributed by atoms with Crippen LogP contribution in [0.2, 0.25) is 0 Å². The fraction of sp³-hybridized carbons (Fsp3) is 0.278. The zero-order valence-electron chi connectivity index (χ0n) is 13.6. The number of nitrogens with one attached hydrogen (secondary N) is 1. The summed E-state index contributed by atoms with van der Waals surface area (Å²) in [6.45, 7) is 3.70. The summed E-state index contributed by atoms with van der Waals surface area (Å²) in [5.41, 5.74) is 1.33. The van der Waals surface area contributed by atoms with Crippen LogP contribution < -0.4 is 5.32 Å². The smallest absolute Gasteiger partial charge is 0.251 e. The van der Waals surface area contributed by atoms with Crippen molar-refractivity contribution < 1.29 is 17.6 Å². The topological polar surface area (TPSA) is 63.2 Å². The van der Waals surface area contributed by atoms with E-state index < -0.39 is 15.1 Å². The molecule has 2 aromatic carbocycles. The van der Waals surface area contributed by atoms with Crippen molar-refractivity contribution in [3.8, 4) is 0 Å². The number of carbonyl (C=O) groups is 1. The summed E-state index contributed by atoms with van der Waals surface area (Å²) in [5.74, 6) is -0.656. The van der Waals surface area contributed by atoms with E-state index in [1.54, 1.807) is 38.1 Å². The van der Waals surface area contributed by atoms with Crippen molar-refractivity contribution >= 4 is 15.7 Å². The van der Waals surface area contributed by atoms with Gasteiger partial charge in [0.2, 0.25) is 0 Å². The molecule has 2 aromatic rings. The Kier molecular flexibility index (Phi) is 5.72. The summed E-state index contributed by atoms with van der Waals surface area (Å²) >= 11 is 0. The van der Waals surface area contributed by atoms with Crippen molar-refractivity contribution in [3.63, 3.8) is 0 Å². The van der Waals surface area contributed by atoms with Crippen LogP contribution in [-0.4, -0.2) is 26.1 Å². The van der Waals surface area contributed by atoms with E-state index in [1.165, 1.54) is 24.3 Å². The molecule has 128 valence electrons. The van der Waals surface area contributed by atoms with Crippen LogP contribution in [-0.2, 0) is 16.3 Å². The first-order chi connectivity index (χ1) is 11.3. The summed E-state index contributed by atoms with van der Waals surface area (Å²) in [7, 11) is -3.27. The van der Waals surface area contributed by atoms with Crippen LogP contribution >= 0.6 is 0 Å². The maximum atomic E-state index is 12.8. The maximum Gasteiger partial charge on any atom is 0.251 e. The highest BCUT2D eigenvalue weighted by Gasteiger charge is 2.18. The molecule has 0 atom stereocenters. The Bertz CT molecular complexity index is 797. The van der Waals surface area contributed by atoms with Crippen LogP contribution in [0.4, 0.5) is 4.39 Å². The Morgan fingerprint density at radius 1 is 1.04 bits per heavy atom. The fourth-order valence-corrected chi connectivity index (χ4v) is 3.20. The van der Waals surface area contributed by atoms with Crippen LogP contribution in [0.5, 0.6) is 0 Å². The third-order valence-corrected chi connectivity index (χ3v) is 5.85. The lowest BCUT2D eigenvalue weighted by molar-refractivity contribution is 0.0954. The van der Waals surface area contributed by atoms with Gasteiger partial charge in [0.05, 0.1) is 10.1 Å². The van der Waals surface area contributed by atoms with Crippen LogP contribution in [0.25, 0.3) is 0 Å². The minimum Gasteiger partial charge on any atom is -0.352 e. The van der Waals surface area contributed by atoms with Gasteiger partial charge in [-0.15, -0.1) is 0 Å². The third kappa shape index (κ3) is 4.41. The van der Waals surface area contributed by atoms with Gasteiger partial charge in [-0.3, -0.25) is 4.79 Å². The molecule has 1 amide bonds. The molecular formula is C18H20FNO3S. The Hall–Kier alpha value is -2.21. The van der Waals surface area contributed by atoms with E-state index in [9.17, 15) is 17.6 Å². The van der Waals surface area contributed by atoms with Gasteiger partial charge in [0.15, 0.2) is 9.84 Å². The van der Waals surface area contributed by atoms with Gasteiger partial charge in [-0.25, -0.2) is 12.8 Å². The van der Waals surface area contributed by atoms with Crippen molar-refractivity contribution in [3.05, 3.63) is 65.5 Å². The molecule has 0 saturated heterocycles. The van der Waals surface area contributed by atoms with Gasteiger partial charge in [-0.2, -0.15) is 0 Å². The predicted molar refractivity (Wildman–Crippen MR) is 91.2 cm³/mol. The Morgan fingerprint density at radius 2 is 1.62 bits per heavy atom. The van der Waals surface area contributed by atoms with Crippen molar-refractivity contribution in [2.24, 2.45) is 0 Å². The van der Waals surface area contributed by atoms with E-state index in [0.717, 1.165) is 5.56 Å². The molecule has 6 heteroatoms. The van der Waals surface area contributed by atoms with Crippen LogP contribution in [0, 0.1) is 5.82 Å².